The first-order chi connectivity index (χ1) is 11.6. The Morgan fingerprint density at radius 1 is 1.27 bits per heavy atom. The highest BCUT2D eigenvalue weighted by molar-refractivity contribution is 9.10. The second kappa shape index (κ2) is 10.7. The minimum atomic E-state index is -0.157. The van der Waals surface area contributed by atoms with Crippen LogP contribution in [-0.4, -0.2) is 30.0 Å². The Labute approximate surface area is 174 Å². The van der Waals surface area contributed by atoms with E-state index in [1.165, 1.54) is 0 Å². The molecule has 5 nitrogen and oxygen atoms in total. The van der Waals surface area contributed by atoms with E-state index in [4.69, 9.17) is 4.74 Å². The van der Waals surface area contributed by atoms with Crippen LogP contribution in [0, 0.1) is 5.92 Å². The molecular formula is C18H22BrCl2N3O2. The largest absolute Gasteiger partial charge is 0.438 e. The Kier molecular flexibility index (Phi) is 9.36. The van der Waals surface area contributed by atoms with Crippen LogP contribution >= 0.6 is 40.7 Å². The number of nitrogens with zero attached hydrogens (tertiary/aromatic N) is 1. The highest BCUT2D eigenvalue weighted by Crippen LogP contribution is 2.24. The van der Waals surface area contributed by atoms with Gasteiger partial charge in [-0.15, -0.1) is 24.8 Å². The molecule has 0 bridgehead atoms. The monoisotopic (exact) mass is 461 g/mol. The Balaban J connectivity index is 0.00000169. The van der Waals surface area contributed by atoms with E-state index in [1.54, 1.807) is 18.3 Å². The molecule has 0 spiro atoms. The van der Waals surface area contributed by atoms with Gasteiger partial charge in [-0.25, -0.2) is 4.98 Å². The van der Waals surface area contributed by atoms with Crippen LogP contribution < -0.4 is 15.4 Å². The maximum Gasteiger partial charge on any atom is 0.257 e. The third-order valence-corrected chi connectivity index (χ3v) is 4.72. The Hall–Kier alpha value is -1.34. The summed E-state index contributed by atoms with van der Waals surface area (Å²) in [6.07, 6.45) is 2.68. The van der Waals surface area contributed by atoms with E-state index in [0.717, 1.165) is 24.0 Å². The van der Waals surface area contributed by atoms with Crippen LogP contribution in [0.5, 0.6) is 11.6 Å². The normalized spacial score (nSPS) is 18.8. The van der Waals surface area contributed by atoms with Gasteiger partial charge in [0.25, 0.3) is 5.91 Å². The summed E-state index contributed by atoms with van der Waals surface area (Å²) in [6, 6.07) is 11.0. The summed E-state index contributed by atoms with van der Waals surface area (Å²) in [5.74, 6) is 1.24. The molecule has 1 aromatic heterocycles. The van der Waals surface area contributed by atoms with Gasteiger partial charge >= 0.3 is 0 Å². The molecule has 1 aromatic carbocycles. The maximum atomic E-state index is 12.7. The lowest BCUT2D eigenvalue weighted by Crippen LogP contribution is -2.50. The third-order valence-electron chi connectivity index (χ3n) is 4.19. The Morgan fingerprint density at radius 2 is 2.00 bits per heavy atom. The molecule has 2 atom stereocenters. The van der Waals surface area contributed by atoms with Gasteiger partial charge in [-0.1, -0.05) is 22.9 Å². The molecule has 2 heterocycles. The smallest absolute Gasteiger partial charge is 0.257 e. The average Bonchev–Trinajstić information content (AvgIpc) is 2.59. The highest BCUT2D eigenvalue weighted by Gasteiger charge is 2.24. The van der Waals surface area contributed by atoms with Crippen LogP contribution in [0.15, 0.2) is 47.1 Å². The van der Waals surface area contributed by atoms with Gasteiger partial charge in [0.15, 0.2) is 0 Å². The summed E-state index contributed by atoms with van der Waals surface area (Å²) in [5.41, 5.74) is 0.443. The fourth-order valence-corrected chi connectivity index (χ4v) is 2.95. The van der Waals surface area contributed by atoms with Crippen molar-refractivity contribution < 1.29 is 9.53 Å². The molecule has 1 aliphatic heterocycles. The maximum absolute atomic E-state index is 12.7. The van der Waals surface area contributed by atoms with Gasteiger partial charge in [0.1, 0.15) is 11.3 Å². The minimum Gasteiger partial charge on any atom is -0.438 e. The zero-order chi connectivity index (χ0) is 16.9. The number of ether oxygens (including phenoxy) is 1. The molecule has 3 rings (SSSR count). The van der Waals surface area contributed by atoms with E-state index in [-0.39, 0.29) is 36.8 Å². The van der Waals surface area contributed by atoms with Gasteiger partial charge in [0.2, 0.25) is 5.88 Å². The van der Waals surface area contributed by atoms with Crippen LogP contribution in [0.4, 0.5) is 0 Å². The first-order valence-corrected chi connectivity index (χ1v) is 8.83. The summed E-state index contributed by atoms with van der Waals surface area (Å²) >= 11 is 3.39. The molecule has 0 aliphatic carbocycles. The van der Waals surface area contributed by atoms with Gasteiger partial charge < -0.3 is 15.4 Å². The molecule has 1 saturated heterocycles. The van der Waals surface area contributed by atoms with E-state index in [2.05, 4.69) is 38.5 Å². The predicted molar refractivity (Wildman–Crippen MR) is 111 cm³/mol. The van der Waals surface area contributed by atoms with E-state index in [9.17, 15) is 4.79 Å². The fraction of sp³-hybridized carbons (Fsp3) is 0.333. The molecule has 2 unspecified atom stereocenters. The molecule has 1 aliphatic rings. The number of carbonyl (C=O) groups is 1. The van der Waals surface area contributed by atoms with Crippen molar-refractivity contribution in [1.82, 2.24) is 15.6 Å². The van der Waals surface area contributed by atoms with E-state index in [1.807, 2.05) is 24.3 Å². The van der Waals surface area contributed by atoms with Crippen molar-refractivity contribution in [2.75, 3.05) is 13.1 Å². The average molecular weight is 463 g/mol. The zero-order valence-corrected chi connectivity index (χ0v) is 17.5. The van der Waals surface area contributed by atoms with E-state index >= 15 is 0 Å². The van der Waals surface area contributed by atoms with Gasteiger partial charge in [0.05, 0.1) is 0 Å². The van der Waals surface area contributed by atoms with Gasteiger partial charge in [0, 0.05) is 23.3 Å². The number of nitrogens with one attached hydrogen (secondary N) is 2. The summed E-state index contributed by atoms with van der Waals surface area (Å²) in [4.78, 5) is 16.9. The zero-order valence-electron chi connectivity index (χ0n) is 14.3. The first-order valence-electron chi connectivity index (χ1n) is 8.03. The molecule has 2 N–H and O–H groups in total. The molecule has 8 heteroatoms. The van der Waals surface area contributed by atoms with Crippen LogP contribution in [0.25, 0.3) is 0 Å². The van der Waals surface area contributed by atoms with Crippen molar-refractivity contribution in [1.29, 1.82) is 0 Å². The molecule has 0 saturated carbocycles. The fourth-order valence-electron chi connectivity index (χ4n) is 2.69. The first kappa shape index (κ1) is 22.7. The molecule has 26 heavy (non-hydrogen) atoms. The van der Waals surface area contributed by atoms with E-state index < -0.39 is 0 Å². The molecule has 2 aromatic rings. The van der Waals surface area contributed by atoms with Gasteiger partial charge in [-0.2, -0.15) is 0 Å². The summed E-state index contributed by atoms with van der Waals surface area (Å²) in [6.45, 7) is 3.95. The topological polar surface area (TPSA) is 63.2 Å². The van der Waals surface area contributed by atoms with Crippen molar-refractivity contribution in [2.24, 2.45) is 5.92 Å². The molecule has 0 radical (unpaired) electrons. The van der Waals surface area contributed by atoms with Crippen LogP contribution in [0.1, 0.15) is 23.7 Å². The minimum absolute atomic E-state index is 0. The summed E-state index contributed by atoms with van der Waals surface area (Å²) < 4.78 is 6.76. The van der Waals surface area contributed by atoms with E-state index in [0.29, 0.717) is 23.1 Å². The molecule has 1 amide bonds. The second-order valence-electron chi connectivity index (χ2n) is 5.96. The van der Waals surface area contributed by atoms with Crippen molar-refractivity contribution in [3.63, 3.8) is 0 Å². The SMILES string of the molecule is CC1CCNCC1NC(=O)c1cccnc1Oc1ccc(Br)cc1.Cl.Cl. The number of aromatic nitrogens is 1. The molecular weight excluding hydrogens is 441 g/mol. The number of amides is 1. The van der Waals surface area contributed by atoms with Crippen molar-refractivity contribution >= 4 is 46.7 Å². The number of pyridine rings is 1. The Bertz CT molecular complexity index is 716. The van der Waals surface area contributed by atoms with Crippen molar-refractivity contribution in [3.05, 3.63) is 52.6 Å². The lowest BCUT2D eigenvalue weighted by Gasteiger charge is -2.30. The van der Waals surface area contributed by atoms with Gasteiger partial charge in [-0.05, 0) is 55.3 Å². The number of piperidine rings is 1. The van der Waals surface area contributed by atoms with Crippen molar-refractivity contribution in [3.8, 4) is 11.6 Å². The van der Waals surface area contributed by atoms with Gasteiger partial charge in [-0.3, -0.25) is 4.79 Å². The number of hydrogen-bond acceptors (Lipinski definition) is 4. The second-order valence-corrected chi connectivity index (χ2v) is 6.88. The third kappa shape index (κ3) is 5.84. The molecule has 1 fully saturated rings. The summed E-state index contributed by atoms with van der Waals surface area (Å²) in [7, 11) is 0. The van der Waals surface area contributed by atoms with Crippen molar-refractivity contribution in [2.45, 2.75) is 19.4 Å². The number of halogens is 3. The predicted octanol–water partition coefficient (Wildman–Crippen LogP) is 4.21. The number of rotatable bonds is 4. The number of hydrogen-bond donors (Lipinski definition) is 2. The molecule has 142 valence electrons. The quantitative estimate of drug-likeness (QED) is 0.714. The van der Waals surface area contributed by atoms with Crippen LogP contribution in [0.2, 0.25) is 0 Å². The Morgan fingerprint density at radius 3 is 2.69 bits per heavy atom. The number of benzene rings is 1. The lowest BCUT2D eigenvalue weighted by molar-refractivity contribution is 0.0912. The summed E-state index contributed by atoms with van der Waals surface area (Å²) in [5, 5.41) is 6.41. The van der Waals surface area contributed by atoms with Crippen LogP contribution in [0.3, 0.4) is 0 Å². The van der Waals surface area contributed by atoms with Crippen LogP contribution in [-0.2, 0) is 0 Å². The highest BCUT2D eigenvalue weighted by atomic mass is 79.9. The lowest BCUT2D eigenvalue weighted by atomic mass is 9.94. The number of carbonyl (C=O) groups excluding carboxylic acids is 1. The standard InChI is InChI=1S/C18H20BrN3O2.2ClH/c1-12-8-10-20-11-16(12)22-17(23)15-3-2-9-21-18(15)24-14-6-4-13(19)5-7-14;;/h2-7,9,12,16,20H,8,10-11H2,1H3,(H,22,23);2*1H.